The highest BCUT2D eigenvalue weighted by atomic mass is 16.3. The number of rotatable bonds is 7. The van der Waals surface area contributed by atoms with E-state index >= 15 is 0 Å². The standard InChI is InChI=1S/C29H32N2O/c1-21-16-17-27-26(18-21)28(22-10-4-2-5-11-22)29(23-12-6-3-7-13-23)31(27)20-25(32)19-30-24-14-8-9-15-24/h2-7,10-13,16-18,24-25,30,32H,8-9,14-15,19-20H2,1H3. The number of aryl methyl sites for hydroxylation is 1. The average Bonchev–Trinajstić information content (AvgIpc) is 3.45. The SMILES string of the molecule is Cc1ccc2c(c1)c(-c1ccccc1)c(-c1ccccc1)n2CC(O)CNC1CCCC1. The van der Waals surface area contributed by atoms with Gasteiger partial charge in [-0.05, 0) is 43.0 Å². The van der Waals surface area contributed by atoms with Crippen LogP contribution in [0.1, 0.15) is 31.2 Å². The van der Waals surface area contributed by atoms with E-state index in [1.807, 2.05) is 0 Å². The molecule has 3 nitrogen and oxygen atoms in total. The molecule has 2 N–H and O–H groups in total. The third kappa shape index (κ3) is 4.23. The number of nitrogens with zero attached hydrogens (tertiary/aromatic N) is 1. The van der Waals surface area contributed by atoms with Crippen LogP contribution in [-0.4, -0.2) is 28.4 Å². The molecule has 1 unspecified atom stereocenters. The third-order valence-corrected chi connectivity index (χ3v) is 6.72. The molecule has 1 aromatic heterocycles. The third-order valence-electron chi connectivity index (χ3n) is 6.72. The summed E-state index contributed by atoms with van der Waals surface area (Å²) in [5.74, 6) is 0. The van der Waals surface area contributed by atoms with Gasteiger partial charge in [0.05, 0.1) is 18.3 Å². The summed E-state index contributed by atoms with van der Waals surface area (Å²) in [7, 11) is 0. The highest BCUT2D eigenvalue weighted by Crippen LogP contribution is 2.41. The van der Waals surface area contributed by atoms with Crippen LogP contribution in [0.15, 0.2) is 78.9 Å². The van der Waals surface area contributed by atoms with E-state index in [0.717, 1.165) is 0 Å². The van der Waals surface area contributed by atoms with E-state index < -0.39 is 6.10 Å². The lowest BCUT2D eigenvalue weighted by Crippen LogP contribution is -2.36. The summed E-state index contributed by atoms with van der Waals surface area (Å²) in [4.78, 5) is 0. The van der Waals surface area contributed by atoms with Crippen LogP contribution in [0.4, 0.5) is 0 Å². The Bertz CT molecular complexity index is 1170. The van der Waals surface area contributed by atoms with E-state index in [0.29, 0.717) is 19.1 Å². The molecular weight excluding hydrogens is 392 g/mol. The number of aliphatic hydroxyl groups excluding tert-OH is 1. The van der Waals surface area contributed by atoms with Gasteiger partial charge in [0, 0.05) is 29.1 Å². The van der Waals surface area contributed by atoms with Crippen molar-refractivity contribution in [1.82, 2.24) is 9.88 Å². The maximum Gasteiger partial charge on any atom is 0.0843 e. The highest BCUT2D eigenvalue weighted by molar-refractivity contribution is 6.04. The Labute approximate surface area is 190 Å². The molecule has 1 aliphatic rings. The lowest BCUT2D eigenvalue weighted by molar-refractivity contribution is 0.149. The molecule has 0 saturated heterocycles. The maximum absolute atomic E-state index is 11.0. The van der Waals surface area contributed by atoms with E-state index in [2.05, 4.69) is 95.7 Å². The van der Waals surface area contributed by atoms with Crippen molar-refractivity contribution in [2.45, 2.75) is 51.3 Å². The Kier molecular flexibility index (Phi) is 6.11. The molecule has 4 aromatic rings. The lowest BCUT2D eigenvalue weighted by atomic mass is 9.98. The van der Waals surface area contributed by atoms with Crippen LogP contribution in [0.25, 0.3) is 33.3 Å². The second-order valence-corrected chi connectivity index (χ2v) is 9.13. The largest absolute Gasteiger partial charge is 0.390 e. The number of hydrogen-bond acceptors (Lipinski definition) is 2. The smallest absolute Gasteiger partial charge is 0.0843 e. The molecule has 0 bridgehead atoms. The van der Waals surface area contributed by atoms with Crippen molar-refractivity contribution < 1.29 is 5.11 Å². The lowest BCUT2D eigenvalue weighted by Gasteiger charge is -2.19. The highest BCUT2D eigenvalue weighted by Gasteiger charge is 2.22. The molecular formula is C29H32N2O. The molecule has 32 heavy (non-hydrogen) atoms. The monoisotopic (exact) mass is 424 g/mol. The minimum atomic E-state index is -0.446. The summed E-state index contributed by atoms with van der Waals surface area (Å²) >= 11 is 0. The van der Waals surface area contributed by atoms with E-state index in [9.17, 15) is 5.11 Å². The van der Waals surface area contributed by atoms with Gasteiger partial charge in [-0.2, -0.15) is 0 Å². The van der Waals surface area contributed by atoms with Crippen molar-refractivity contribution in [2.24, 2.45) is 0 Å². The maximum atomic E-state index is 11.0. The number of hydrogen-bond donors (Lipinski definition) is 2. The second-order valence-electron chi connectivity index (χ2n) is 9.13. The summed E-state index contributed by atoms with van der Waals surface area (Å²) < 4.78 is 2.33. The summed E-state index contributed by atoms with van der Waals surface area (Å²) in [5, 5.41) is 15.9. The van der Waals surface area contributed by atoms with E-state index in [1.165, 1.54) is 64.5 Å². The van der Waals surface area contributed by atoms with E-state index in [4.69, 9.17) is 0 Å². The predicted octanol–water partition coefficient (Wildman–Crippen LogP) is 6.18. The Morgan fingerprint density at radius 2 is 1.56 bits per heavy atom. The summed E-state index contributed by atoms with van der Waals surface area (Å²) in [6.45, 7) is 3.34. The quantitative estimate of drug-likeness (QED) is 0.372. The van der Waals surface area contributed by atoms with Gasteiger partial charge in [-0.15, -0.1) is 0 Å². The van der Waals surface area contributed by atoms with Crippen LogP contribution >= 0.6 is 0 Å². The first-order chi connectivity index (χ1) is 15.7. The number of nitrogens with one attached hydrogen (secondary N) is 1. The van der Waals surface area contributed by atoms with Crippen LogP contribution in [0.3, 0.4) is 0 Å². The molecule has 164 valence electrons. The van der Waals surface area contributed by atoms with Crippen molar-refractivity contribution in [3.05, 3.63) is 84.4 Å². The van der Waals surface area contributed by atoms with Crippen molar-refractivity contribution in [1.29, 1.82) is 0 Å². The predicted molar refractivity (Wildman–Crippen MR) is 134 cm³/mol. The first-order valence-corrected chi connectivity index (χ1v) is 11.9. The first kappa shape index (κ1) is 21.0. The Balaban J connectivity index is 1.62. The minimum Gasteiger partial charge on any atom is -0.390 e. The molecule has 1 aliphatic carbocycles. The van der Waals surface area contributed by atoms with Gasteiger partial charge < -0.3 is 15.0 Å². The van der Waals surface area contributed by atoms with Crippen LogP contribution in [0, 0.1) is 6.92 Å². The Morgan fingerprint density at radius 1 is 0.906 bits per heavy atom. The fourth-order valence-corrected chi connectivity index (χ4v) is 5.16. The number of aliphatic hydroxyl groups is 1. The molecule has 3 heteroatoms. The second kappa shape index (κ2) is 9.32. The van der Waals surface area contributed by atoms with Crippen LogP contribution in [-0.2, 0) is 6.54 Å². The van der Waals surface area contributed by atoms with Gasteiger partial charge >= 0.3 is 0 Å². The fourth-order valence-electron chi connectivity index (χ4n) is 5.16. The van der Waals surface area contributed by atoms with Crippen LogP contribution in [0.2, 0.25) is 0 Å². The zero-order chi connectivity index (χ0) is 21.9. The van der Waals surface area contributed by atoms with Gasteiger partial charge in [-0.25, -0.2) is 0 Å². The number of fused-ring (bicyclic) bond motifs is 1. The van der Waals surface area contributed by atoms with Crippen LogP contribution in [0.5, 0.6) is 0 Å². The Morgan fingerprint density at radius 3 is 2.25 bits per heavy atom. The summed E-state index contributed by atoms with van der Waals surface area (Å²) in [6.07, 6.45) is 4.61. The first-order valence-electron chi connectivity index (χ1n) is 11.9. The molecule has 5 rings (SSSR count). The van der Waals surface area contributed by atoms with Gasteiger partial charge in [0.1, 0.15) is 0 Å². The zero-order valence-electron chi connectivity index (χ0n) is 18.8. The zero-order valence-corrected chi connectivity index (χ0v) is 18.8. The molecule has 3 aromatic carbocycles. The number of aromatic nitrogens is 1. The van der Waals surface area contributed by atoms with Crippen molar-refractivity contribution in [3.8, 4) is 22.4 Å². The fraction of sp³-hybridized carbons (Fsp3) is 0.310. The summed E-state index contributed by atoms with van der Waals surface area (Å²) in [6, 6.07) is 28.5. The molecule has 1 fully saturated rings. The molecule has 1 atom stereocenters. The molecule has 1 saturated carbocycles. The van der Waals surface area contributed by atoms with Gasteiger partial charge in [-0.3, -0.25) is 0 Å². The van der Waals surface area contributed by atoms with Crippen molar-refractivity contribution in [3.63, 3.8) is 0 Å². The van der Waals surface area contributed by atoms with Crippen molar-refractivity contribution in [2.75, 3.05) is 6.54 Å². The van der Waals surface area contributed by atoms with Gasteiger partial charge in [0.15, 0.2) is 0 Å². The van der Waals surface area contributed by atoms with Crippen LogP contribution < -0.4 is 5.32 Å². The van der Waals surface area contributed by atoms with Gasteiger partial charge in [-0.1, -0.05) is 85.1 Å². The normalized spacial score (nSPS) is 15.4. The molecule has 0 spiro atoms. The number of benzene rings is 3. The molecule has 0 amide bonds. The molecule has 0 radical (unpaired) electrons. The Hall–Kier alpha value is -2.88. The molecule has 0 aliphatic heterocycles. The topological polar surface area (TPSA) is 37.2 Å². The average molecular weight is 425 g/mol. The van der Waals surface area contributed by atoms with Gasteiger partial charge in [0.25, 0.3) is 0 Å². The minimum absolute atomic E-state index is 0.446. The van der Waals surface area contributed by atoms with E-state index in [-0.39, 0.29) is 0 Å². The van der Waals surface area contributed by atoms with Crippen molar-refractivity contribution >= 4 is 10.9 Å². The van der Waals surface area contributed by atoms with E-state index in [1.54, 1.807) is 0 Å². The summed E-state index contributed by atoms with van der Waals surface area (Å²) in [5.41, 5.74) is 7.22. The van der Waals surface area contributed by atoms with Gasteiger partial charge in [0.2, 0.25) is 0 Å². The molecule has 1 heterocycles.